The molecule has 126 valence electrons. The first kappa shape index (κ1) is 18.0. The maximum absolute atomic E-state index is 12.0. The minimum absolute atomic E-state index is 0.205. The summed E-state index contributed by atoms with van der Waals surface area (Å²) in [5, 5.41) is 0.340. The lowest BCUT2D eigenvalue weighted by Crippen LogP contribution is -2.42. The summed E-state index contributed by atoms with van der Waals surface area (Å²) in [4.78, 5) is 23.9. The van der Waals surface area contributed by atoms with Gasteiger partial charge in [0.1, 0.15) is 0 Å². The third-order valence-electron chi connectivity index (χ3n) is 3.64. The standard InChI is InChI=1S/C19H21ClN2O2/c1-2-3-6-14-9-11-15(12-10-14)13-18(23)21-22-19(24)16-7-4-5-8-17(16)20/h4-5,7-12H,2-3,6,13H2,1H3,(H,21,23)(H,22,24). The topological polar surface area (TPSA) is 58.2 Å². The van der Waals surface area contributed by atoms with Crippen LogP contribution in [0.25, 0.3) is 0 Å². The summed E-state index contributed by atoms with van der Waals surface area (Å²) in [6, 6.07) is 14.6. The fraction of sp³-hybridized carbons (Fsp3) is 0.263. The Labute approximate surface area is 147 Å². The number of hydrazine groups is 1. The minimum atomic E-state index is -0.441. The molecule has 0 aromatic heterocycles. The first-order valence-corrected chi connectivity index (χ1v) is 8.39. The predicted octanol–water partition coefficient (Wildman–Crippen LogP) is 3.69. The van der Waals surface area contributed by atoms with Crippen molar-refractivity contribution in [3.05, 3.63) is 70.2 Å². The number of halogens is 1. The second-order valence-corrected chi connectivity index (χ2v) is 5.99. The highest BCUT2D eigenvalue weighted by atomic mass is 35.5. The monoisotopic (exact) mass is 344 g/mol. The molecule has 24 heavy (non-hydrogen) atoms. The number of unbranched alkanes of at least 4 members (excludes halogenated alkanes) is 1. The largest absolute Gasteiger partial charge is 0.273 e. The molecule has 0 saturated heterocycles. The highest BCUT2D eigenvalue weighted by Crippen LogP contribution is 2.14. The van der Waals surface area contributed by atoms with Crippen molar-refractivity contribution in [3.63, 3.8) is 0 Å². The van der Waals surface area contributed by atoms with Crippen molar-refractivity contribution in [2.45, 2.75) is 32.6 Å². The maximum Gasteiger partial charge on any atom is 0.271 e. The van der Waals surface area contributed by atoms with E-state index < -0.39 is 5.91 Å². The van der Waals surface area contributed by atoms with E-state index in [2.05, 4.69) is 17.8 Å². The molecule has 0 aliphatic rings. The second kappa shape index (κ2) is 9.08. The molecule has 0 unspecified atom stereocenters. The molecule has 5 heteroatoms. The van der Waals surface area contributed by atoms with Crippen LogP contribution in [-0.2, 0) is 17.6 Å². The number of rotatable bonds is 6. The van der Waals surface area contributed by atoms with Crippen LogP contribution >= 0.6 is 11.6 Å². The highest BCUT2D eigenvalue weighted by molar-refractivity contribution is 6.33. The molecule has 0 saturated carbocycles. The van der Waals surface area contributed by atoms with Crippen LogP contribution in [-0.4, -0.2) is 11.8 Å². The molecule has 2 N–H and O–H groups in total. The number of hydrogen-bond acceptors (Lipinski definition) is 2. The van der Waals surface area contributed by atoms with Crippen LogP contribution in [0.5, 0.6) is 0 Å². The van der Waals surface area contributed by atoms with Crippen LogP contribution in [0, 0.1) is 0 Å². The third kappa shape index (κ3) is 5.39. The Hall–Kier alpha value is -2.33. The molecular formula is C19H21ClN2O2. The number of carbonyl (C=O) groups is 2. The molecule has 2 amide bonds. The summed E-state index contributed by atoms with van der Waals surface area (Å²) in [6.07, 6.45) is 3.58. The number of benzene rings is 2. The maximum atomic E-state index is 12.0. The minimum Gasteiger partial charge on any atom is -0.273 e. The number of hydrogen-bond donors (Lipinski definition) is 2. The van der Waals surface area contributed by atoms with Gasteiger partial charge in [-0.25, -0.2) is 0 Å². The van der Waals surface area contributed by atoms with E-state index in [1.807, 2.05) is 24.3 Å². The zero-order valence-electron chi connectivity index (χ0n) is 13.6. The number of aryl methyl sites for hydroxylation is 1. The lowest BCUT2D eigenvalue weighted by molar-refractivity contribution is -0.121. The van der Waals surface area contributed by atoms with E-state index >= 15 is 0 Å². The summed E-state index contributed by atoms with van der Waals surface area (Å²) in [7, 11) is 0. The van der Waals surface area contributed by atoms with Gasteiger partial charge in [0.2, 0.25) is 5.91 Å². The average molecular weight is 345 g/mol. The van der Waals surface area contributed by atoms with E-state index in [0.717, 1.165) is 24.8 Å². The summed E-state index contributed by atoms with van der Waals surface area (Å²) < 4.78 is 0. The van der Waals surface area contributed by atoms with Gasteiger partial charge in [0.15, 0.2) is 0 Å². The third-order valence-corrected chi connectivity index (χ3v) is 3.97. The van der Waals surface area contributed by atoms with E-state index in [0.29, 0.717) is 10.6 Å². The van der Waals surface area contributed by atoms with Gasteiger partial charge in [-0.05, 0) is 36.1 Å². The first-order valence-electron chi connectivity index (χ1n) is 8.01. The quantitative estimate of drug-likeness (QED) is 0.785. The smallest absolute Gasteiger partial charge is 0.271 e. The molecule has 0 atom stereocenters. The summed E-state index contributed by atoms with van der Waals surface area (Å²) in [5.74, 6) is -0.722. The lowest BCUT2D eigenvalue weighted by Gasteiger charge is -2.09. The van der Waals surface area contributed by atoms with Gasteiger partial charge in [-0.1, -0.05) is 61.3 Å². The SMILES string of the molecule is CCCCc1ccc(CC(=O)NNC(=O)c2ccccc2Cl)cc1. The van der Waals surface area contributed by atoms with E-state index in [1.165, 1.54) is 5.56 Å². The molecule has 0 aliphatic carbocycles. The Balaban J connectivity index is 1.83. The van der Waals surface area contributed by atoms with Crippen molar-refractivity contribution in [2.24, 2.45) is 0 Å². The number of amides is 2. The van der Waals surface area contributed by atoms with Gasteiger partial charge in [0, 0.05) is 0 Å². The molecule has 0 heterocycles. The van der Waals surface area contributed by atoms with Gasteiger partial charge in [0.05, 0.1) is 17.0 Å². The van der Waals surface area contributed by atoms with Crippen molar-refractivity contribution >= 4 is 23.4 Å². The van der Waals surface area contributed by atoms with E-state index in [9.17, 15) is 9.59 Å². The molecule has 0 aliphatic heterocycles. The van der Waals surface area contributed by atoms with Crippen molar-refractivity contribution in [1.29, 1.82) is 0 Å². The average Bonchev–Trinajstić information content (AvgIpc) is 2.59. The van der Waals surface area contributed by atoms with Gasteiger partial charge in [-0.15, -0.1) is 0 Å². The normalized spacial score (nSPS) is 10.2. The molecule has 0 radical (unpaired) electrons. The van der Waals surface area contributed by atoms with Gasteiger partial charge < -0.3 is 0 Å². The van der Waals surface area contributed by atoms with Crippen LogP contribution in [0.4, 0.5) is 0 Å². The Morgan fingerprint density at radius 2 is 1.62 bits per heavy atom. The molecule has 2 aromatic rings. The molecule has 0 bridgehead atoms. The summed E-state index contributed by atoms with van der Waals surface area (Å²) >= 11 is 5.94. The van der Waals surface area contributed by atoms with Crippen LogP contribution in [0.15, 0.2) is 48.5 Å². The van der Waals surface area contributed by atoms with Crippen LogP contribution in [0.1, 0.15) is 41.3 Å². The lowest BCUT2D eigenvalue weighted by atomic mass is 10.0. The molecule has 0 spiro atoms. The number of nitrogens with one attached hydrogen (secondary N) is 2. The Bertz CT molecular complexity index is 699. The molecule has 4 nitrogen and oxygen atoms in total. The van der Waals surface area contributed by atoms with Crippen molar-refractivity contribution in [2.75, 3.05) is 0 Å². The molecule has 2 aromatic carbocycles. The molecule has 2 rings (SSSR count). The van der Waals surface area contributed by atoms with Crippen LogP contribution < -0.4 is 10.9 Å². The zero-order valence-corrected chi connectivity index (χ0v) is 14.4. The second-order valence-electron chi connectivity index (χ2n) is 5.58. The molecule has 0 fully saturated rings. The Morgan fingerprint density at radius 3 is 2.29 bits per heavy atom. The zero-order chi connectivity index (χ0) is 17.4. The van der Waals surface area contributed by atoms with E-state index in [-0.39, 0.29) is 12.3 Å². The fourth-order valence-corrected chi connectivity index (χ4v) is 2.49. The number of carbonyl (C=O) groups excluding carboxylic acids is 2. The first-order chi connectivity index (χ1) is 11.6. The summed E-state index contributed by atoms with van der Waals surface area (Å²) in [6.45, 7) is 2.16. The highest BCUT2D eigenvalue weighted by Gasteiger charge is 2.10. The molecular weight excluding hydrogens is 324 g/mol. The van der Waals surface area contributed by atoms with Gasteiger partial charge in [-0.3, -0.25) is 20.4 Å². The van der Waals surface area contributed by atoms with Crippen LogP contribution in [0.2, 0.25) is 5.02 Å². The van der Waals surface area contributed by atoms with Gasteiger partial charge in [-0.2, -0.15) is 0 Å². The van der Waals surface area contributed by atoms with Crippen molar-refractivity contribution in [1.82, 2.24) is 10.9 Å². The Morgan fingerprint density at radius 1 is 0.958 bits per heavy atom. The van der Waals surface area contributed by atoms with Gasteiger partial charge in [0.25, 0.3) is 5.91 Å². The van der Waals surface area contributed by atoms with Crippen molar-refractivity contribution in [3.8, 4) is 0 Å². The fourth-order valence-electron chi connectivity index (χ4n) is 2.27. The Kier molecular flexibility index (Phi) is 6.82. The van der Waals surface area contributed by atoms with Gasteiger partial charge >= 0.3 is 0 Å². The van der Waals surface area contributed by atoms with Crippen LogP contribution in [0.3, 0.4) is 0 Å². The van der Waals surface area contributed by atoms with Crippen molar-refractivity contribution < 1.29 is 9.59 Å². The predicted molar refractivity (Wildman–Crippen MR) is 95.8 cm³/mol. The van der Waals surface area contributed by atoms with E-state index in [1.54, 1.807) is 24.3 Å². The summed E-state index contributed by atoms with van der Waals surface area (Å²) in [5.41, 5.74) is 7.28. The van der Waals surface area contributed by atoms with E-state index in [4.69, 9.17) is 11.6 Å².